The molecule has 38 heavy (non-hydrogen) atoms. The Morgan fingerprint density at radius 3 is 2.32 bits per heavy atom. The molecule has 2 aromatic carbocycles. The topological polar surface area (TPSA) is 83.1 Å². The van der Waals surface area contributed by atoms with E-state index < -0.39 is 5.92 Å². The average Bonchev–Trinajstić information content (AvgIpc) is 3.44. The van der Waals surface area contributed by atoms with Crippen molar-refractivity contribution < 1.29 is 28.5 Å². The molecular weight excluding hydrogens is 482 g/mol. The van der Waals surface area contributed by atoms with Crippen molar-refractivity contribution in [1.29, 1.82) is 0 Å². The molecule has 200 valence electrons. The first-order valence-corrected chi connectivity index (χ1v) is 13.2. The number of rotatable bonds is 7. The molecule has 7 heteroatoms. The van der Waals surface area contributed by atoms with Crippen molar-refractivity contribution in [3.63, 3.8) is 0 Å². The first-order chi connectivity index (χ1) is 18.4. The summed E-state index contributed by atoms with van der Waals surface area (Å²) in [7, 11) is 4.81. The fourth-order valence-corrected chi connectivity index (χ4v) is 6.12. The van der Waals surface area contributed by atoms with Crippen LogP contribution in [0.15, 0.2) is 65.0 Å². The lowest BCUT2D eigenvalue weighted by molar-refractivity contribution is -0.144. The summed E-state index contributed by atoms with van der Waals surface area (Å²) in [5.74, 6) is 0.945. The van der Waals surface area contributed by atoms with E-state index in [0.717, 1.165) is 48.3 Å². The zero-order chi connectivity index (χ0) is 26.8. The molecular formula is C31H35NO6. The molecule has 2 atom stereocenters. The highest BCUT2D eigenvalue weighted by Crippen LogP contribution is 2.48. The number of hydrogen-bond donors (Lipinski definition) is 1. The third-order valence-corrected chi connectivity index (χ3v) is 7.94. The molecule has 0 bridgehead atoms. The highest BCUT2D eigenvalue weighted by molar-refractivity contribution is 6.04. The van der Waals surface area contributed by atoms with Gasteiger partial charge in [0.2, 0.25) is 0 Å². The normalized spacial score (nSPS) is 21.6. The largest absolute Gasteiger partial charge is 0.496 e. The number of carbonyl (C=O) groups is 2. The van der Waals surface area contributed by atoms with Gasteiger partial charge in [0.25, 0.3) is 0 Å². The standard InChI is InChI=1S/C31H35NO6/c1-18-28(31(34)38-21-9-5-6-10-21)29(19-13-14-26(36-3)27(17-19)37-4)30-23(32-18)15-20(16-24(30)33)22-11-7-8-12-25(22)35-2/h7-8,11-14,17,20-21,29,32H,5-6,9-10,15-16H2,1-4H3/t20-,29+/m1/s1. The van der Waals surface area contributed by atoms with Gasteiger partial charge in [0.1, 0.15) is 11.9 Å². The van der Waals surface area contributed by atoms with Crippen LogP contribution in [0.3, 0.4) is 0 Å². The van der Waals surface area contributed by atoms with E-state index in [-0.39, 0.29) is 23.8 Å². The van der Waals surface area contributed by atoms with Gasteiger partial charge >= 0.3 is 5.97 Å². The molecule has 3 aliphatic rings. The number of hydrogen-bond acceptors (Lipinski definition) is 7. The Hall–Kier alpha value is -3.74. The zero-order valence-electron chi connectivity index (χ0n) is 22.5. The molecule has 0 unspecified atom stereocenters. The molecule has 1 saturated carbocycles. The van der Waals surface area contributed by atoms with Gasteiger partial charge in [0, 0.05) is 35.2 Å². The Morgan fingerprint density at radius 1 is 0.895 bits per heavy atom. The van der Waals surface area contributed by atoms with Crippen molar-refractivity contribution in [3.05, 3.63) is 76.1 Å². The van der Waals surface area contributed by atoms with Gasteiger partial charge in [-0.2, -0.15) is 0 Å². The number of carbonyl (C=O) groups excluding carboxylic acids is 2. The number of methoxy groups -OCH3 is 3. The lowest BCUT2D eigenvalue weighted by Gasteiger charge is -2.37. The second kappa shape index (κ2) is 10.9. The maximum absolute atomic E-state index is 13.9. The summed E-state index contributed by atoms with van der Waals surface area (Å²) in [5, 5.41) is 3.43. The molecule has 0 amide bonds. The number of ether oxygens (including phenoxy) is 4. The smallest absolute Gasteiger partial charge is 0.337 e. The zero-order valence-corrected chi connectivity index (χ0v) is 22.5. The fourth-order valence-electron chi connectivity index (χ4n) is 6.12. The lowest BCUT2D eigenvalue weighted by Crippen LogP contribution is -2.36. The molecule has 7 nitrogen and oxygen atoms in total. The third-order valence-electron chi connectivity index (χ3n) is 7.94. The van der Waals surface area contributed by atoms with Gasteiger partial charge < -0.3 is 24.3 Å². The minimum Gasteiger partial charge on any atom is -0.496 e. The maximum Gasteiger partial charge on any atom is 0.337 e. The van der Waals surface area contributed by atoms with Gasteiger partial charge in [0.05, 0.1) is 26.9 Å². The summed E-state index contributed by atoms with van der Waals surface area (Å²) in [6, 6.07) is 13.4. The van der Waals surface area contributed by atoms with Gasteiger partial charge in [0.15, 0.2) is 17.3 Å². The van der Waals surface area contributed by atoms with Crippen LogP contribution in [0.2, 0.25) is 0 Å². The Balaban J connectivity index is 1.58. The van der Waals surface area contributed by atoms with Crippen LogP contribution in [0.4, 0.5) is 0 Å². The van der Waals surface area contributed by atoms with Crippen LogP contribution in [-0.2, 0) is 14.3 Å². The van der Waals surface area contributed by atoms with Crippen molar-refractivity contribution in [2.75, 3.05) is 21.3 Å². The second-order valence-corrected chi connectivity index (χ2v) is 10.2. The monoisotopic (exact) mass is 517 g/mol. The molecule has 0 saturated heterocycles. The number of dihydropyridines is 1. The molecule has 0 spiro atoms. The minimum atomic E-state index is -0.564. The lowest BCUT2D eigenvalue weighted by atomic mass is 9.71. The van der Waals surface area contributed by atoms with Gasteiger partial charge in [-0.3, -0.25) is 4.79 Å². The van der Waals surface area contributed by atoms with Gasteiger partial charge in [-0.25, -0.2) is 4.79 Å². The van der Waals surface area contributed by atoms with Gasteiger partial charge in [-0.15, -0.1) is 0 Å². The van der Waals surface area contributed by atoms with E-state index in [1.807, 2.05) is 49.4 Å². The van der Waals surface area contributed by atoms with Crippen molar-refractivity contribution >= 4 is 11.8 Å². The Labute approximate surface area is 223 Å². The summed E-state index contributed by atoms with van der Waals surface area (Å²) in [6.07, 6.45) is 4.75. The first kappa shape index (κ1) is 25.9. The van der Waals surface area contributed by atoms with Crippen LogP contribution in [0.1, 0.15) is 68.4 Å². The molecule has 1 N–H and O–H groups in total. The predicted molar refractivity (Wildman–Crippen MR) is 143 cm³/mol. The molecule has 2 aliphatic carbocycles. The first-order valence-electron chi connectivity index (χ1n) is 13.2. The SMILES string of the molecule is COc1ccc([C@H]2C(C(=O)OC3CCCC3)=C(C)NC3=C2C(=O)C[C@H](c2ccccc2OC)C3)cc1OC. The summed E-state index contributed by atoms with van der Waals surface area (Å²) in [6.45, 7) is 1.89. The van der Waals surface area contributed by atoms with E-state index in [1.165, 1.54) is 0 Å². The number of para-hydroxylation sites is 1. The van der Waals surface area contributed by atoms with E-state index >= 15 is 0 Å². The quantitative estimate of drug-likeness (QED) is 0.482. The highest BCUT2D eigenvalue weighted by Gasteiger charge is 2.42. The number of ketones is 1. The maximum atomic E-state index is 13.9. The Bertz CT molecular complexity index is 1300. The highest BCUT2D eigenvalue weighted by atomic mass is 16.5. The average molecular weight is 518 g/mol. The van der Waals surface area contributed by atoms with Gasteiger partial charge in [-0.1, -0.05) is 24.3 Å². The molecule has 1 fully saturated rings. The predicted octanol–water partition coefficient (Wildman–Crippen LogP) is 5.56. The van der Waals surface area contributed by atoms with Crippen molar-refractivity contribution in [2.24, 2.45) is 0 Å². The Kier molecular flexibility index (Phi) is 7.45. The molecule has 1 aliphatic heterocycles. The molecule has 1 heterocycles. The van der Waals surface area contributed by atoms with Crippen LogP contribution >= 0.6 is 0 Å². The van der Waals surface area contributed by atoms with Crippen LogP contribution in [0.5, 0.6) is 17.2 Å². The summed E-state index contributed by atoms with van der Waals surface area (Å²) in [5.41, 5.74) is 4.44. The van der Waals surface area contributed by atoms with Crippen LogP contribution in [0, 0.1) is 0 Å². The van der Waals surface area contributed by atoms with E-state index in [0.29, 0.717) is 41.2 Å². The Morgan fingerprint density at radius 2 is 1.61 bits per heavy atom. The van der Waals surface area contributed by atoms with Crippen molar-refractivity contribution in [2.45, 2.75) is 63.4 Å². The van der Waals surface area contributed by atoms with Crippen LogP contribution in [0.25, 0.3) is 0 Å². The van der Waals surface area contributed by atoms with E-state index in [4.69, 9.17) is 18.9 Å². The van der Waals surface area contributed by atoms with Crippen LogP contribution in [-0.4, -0.2) is 39.2 Å². The molecule has 0 aromatic heterocycles. The second-order valence-electron chi connectivity index (χ2n) is 10.2. The third kappa shape index (κ3) is 4.77. The van der Waals surface area contributed by atoms with Crippen LogP contribution < -0.4 is 19.5 Å². The molecule has 2 aromatic rings. The summed E-state index contributed by atoms with van der Waals surface area (Å²) < 4.78 is 22.6. The number of allylic oxidation sites excluding steroid dienone is 3. The number of esters is 1. The fraction of sp³-hybridized carbons (Fsp3) is 0.419. The molecule has 0 radical (unpaired) electrons. The summed E-state index contributed by atoms with van der Waals surface area (Å²) >= 11 is 0. The van der Waals surface area contributed by atoms with Crippen molar-refractivity contribution in [1.82, 2.24) is 5.32 Å². The van der Waals surface area contributed by atoms with Crippen molar-refractivity contribution in [3.8, 4) is 17.2 Å². The van der Waals surface area contributed by atoms with E-state index in [2.05, 4.69) is 5.32 Å². The molecule has 5 rings (SSSR count). The summed E-state index contributed by atoms with van der Waals surface area (Å²) in [4.78, 5) is 27.6. The van der Waals surface area contributed by atoms with E-state index in [1.54, 1.807) is 21.3 Å². The van der Waals surface area contributed by atoms with Gasteiger partial charge in [-0.05, 0) is 68.4 Å². The number of Topliss-reactive ketones (excluding diaryl/α,β-unsaturated/α-hetero) is 1. The number of benzene rings is 2. The number of nitrogens with one attached hydrogen (secondary N) is 1. The van der Waals surface area contributed by atoms with E-state index in [9.17, 15) is 9.59 Å². The minimum absolute atomic E-state index is 0.00751.